The molecule has 0 aliphatic carbocycles. The van der Waals surface area contributed by atoms with Gasteiger partial charge in [0.15, 0.2) is 17.5 Å². The number of rotatable bonds is 5. The lowest BCUT2D eigenvalue weighted by Crippen LogP contribution is -2.13. The van der Waals surface area contributed by atoms with Crippen molar-refractivity contribution in [3.63, 3.8) is 0 Å². The highest BCUT2D eigenvalue weighted by Gasteiger charge is 2.19. The van der Waals surface area contributed by atoms with Crippen molar-refractivity contribution in [1.29, 1.82) is 0 Å². The van der Waals surface area contributed by atoms with Gasteiger partial charge in [-0.25, -0.2) is 4.98 Å². The summed E-state index contributed by atoms with van der Waals surface area (Å²) in [5.74, 6) is 0.185. The second kappa shape index (κ2) is 6.97. The number of thiazole rings is 1. The normalized spacial score (nSPS) is 10.8. The Kier molecular flexibility index (Phi) is 4.94. The van der Waals surface area contributed by atoms with E-state index in [1.807, 2.05) is 29.9 Å². The van der Waals surface area contributed by atoms with Crippen molar-refractivity contribution in [2.75, 3.05) is 6.61 Å². The van der Waals surface area contributed by atoms with E-state index < -0.39 is 0 Å². The van der Waals surface area contributed by atoms with Crippen molar-refractivity contribution in [3.8, 4) is 10.9 Å². The van der Waals surface area contributed by atoms with Crippen molar-refractivity contribution in [2.24, 2.45) is 0 Å². The number of ketones is 1. The molecule has 1 aromatic carbocycles. The Morgan fingerprint density at radius 2 is 2.00 bits per heavy atom. The monoisotopic (exact) mass is 380 g/mol. The molecule has 0 bridgehead atoms. The number of hydrogen-bond donors (Lipinski definition) is 0. The summed E-state index contributed by atoms with van der Waals surface area (Å²) >= 11 is 13.6. The van der Waals surface area contributed by atoms with Crippen LogP contribution in [-0.4, -0.2) is 21.9 Å². The second-order valence-electron chi connectivity index (χ2n) is 5.20. The average molecular weight is 381 g/mol. The van der Waals surface area contributed by atoms with Gasteiger partial charge in [-0.05, 0) is 32.0 Å². The number of aryl methyl sites for hydroxylation is 1. The molecule has 0 spiro atoms. The first-order valence-electron chi connectivity index (χ1n) is 7.18. The Labute approximate surface area is 153 Å². The largest absolute Gasteiger partial charge is 0.482 e. The first-order valence-corrected chi connectivity index (χ1v) is 8.81. The summed E-state index contributed by atoms with van der Waals surface area (Å²) in [6.07, 6.45) is 1.74. The fourth-order valence-electron chi connectivity index (χ4n) is 2.50. The summed E-state index contributed by atoms with van der Waals surface area (Å²) in [6, 6.07) is 6.90. The average Bonchev–Trinajstić information content (AvgIpc) is 3.14. The number of ether oxygens (including phenoxy) is 1. The number of aromatic nitrogens is 2. The van der Waals surface area contributed by atoms with E-state index in [9.17, 15) is 4.79 Å². The maximum absolute atomic E-state index is 12.6. The molecule has 0 radical (unpaired) electrons. The molecule has 0 saturated carbocycles. The molecule has 0 aliphatic rings. The lowest BCUT2D eigenvalue weighted by Gasteiger charge is -2.09. The van der Waals surface area contributed by atoms with Gasteiger partial charge >= 0.3 is 0 Å². The number of para-hydroxylation sites is 1. The zero-order chi connectivity index (χ0) is 17.3. The zero-order valence-electron chi connectivity index (χ0n) is 13.0. The van der Waals surface area contributed by atoms with Gasteiger partial charge < -0.3 is 4.74 Å². The molecule has 3 aromatic rings. The number of carbonyl (C=O) groups is 1. The maximum Gasteiger partial charge on any atom is 0.202 e. The van der Waals surface area contributed by atoms with Crippen molar-refractivity contribution in [3.05, 3.63) is 62.8 Å². The van der Waals surface area contributed by atoms with Crippen molar-refractivity contribution in [1.82, 2.24) is 9.55 Å². The topological polar surface area (TPSA) is 44.1 Å². The first-order chi connectivity index (χ1) is 11.5. The summed E-state index contributed by atoms with van der Waals surface area (Å²) in [6.45, 7) is 3.70. The van der Waals surface area contributed by atoms with Crippen molar-refractivity contribution in [2.45, 2.75) is 13.8 Å². The van der Waals surface area contributed by atoms with Gasteiger partial charge in [-0.1, -0.05) is 29.3 Å². The standard InChI is InChI=1S/C17H14Cl2N2O2S/c1-10-8-12(11(2)21(10)17-20-6-7-24-17)15(22)9-23-16-13(18)4-3-5-14(16)19/h3-8H,9H2,1-2H3. The fraction of sp³-hybridized carbons (Fsp3) is 0.176. The summed E-state index contributed by atoms with van der Waals surface area (Å²) in [5.41, 5.74) is 2.38. The molecule has 0 amide bonds. The minimum atomic E-state index is -0.137. The molecule has 0 atom stereocenters. The van der Waals surface area contributed by atoms with Gasteiger partial charge in [-0.2, -0.15) is 0 Å². The third-order valence-electron chi connectivity index (χ3n) is 3.61. The molecule has 2 aromatic heterocycles. The second-order valence-corrected chi connectivity index (χ2v) is 6.88. The van der Waals surface area contributed by atoms with Gasteiger partial charge in [-0.15, -0.1) is 11.3 Å². The number of hydrogen-bond acceptors (Lipinski definition) is 4. The molecule has 2 heterocycles. The van der Waals surface area contributed by atoms with E-state index in [0.717, 1.165) is 16.5 Å². The molecule has 0 N–H and O–H groups in total. The lowest BCUT2D eigenvalue weighted by molar-refractivity contribution is 0.0921. The van der Waals surface area contributed by atoms with E-state index in [4.69, 9.17) is 27.9 Å². The van der Waals surface area contributed by atoms with Crippen LogP contribution in [0.4, 0.5) is 0 Å². The van der Waals surface area contributed by atoms with Gasteiger partial charge in [0.05, 0.1) is 10.0 Å². The molecule has 3 rings (SSSR count). The molecule has 7 heteroatoms. The summed E-state index contributed by atoms with van der Waals surface area (Å²) < 4.78 is 7.50. The molecule has 0 aliphatic heterocycles. The van der Waals surface area contributed by atoms with Crippen LogP contribution in [0, 0.1) is 13.8 Å². The SMILES string of the molecule is Cc1cc(C(=O)COc2c(Cl)cccc2Cl)c(C)n1-c1nccs1. The maximum atomic E-state index is 12.6. The van der Waals surface area contributed by atoms with Crippen LogP contribution in [-0.2, 0) is 0 Å². The predicted octanol–water partition coefficient (Wildman–Crippen LogP) is 5.12. The van der Waals surface area contributed by atoms with Gasteiger partial charge in [0.1, 0.15) is 0 Å². The van der Waals surface area contributed by atoms with Crippen LogP contribution in [0.5, 0.6) is 5.75 Å². The smallest absolute Gasteiger partial charge is 0.202 e. The summed E-state index contributed by atoms with van der Waals surface area (Å²) in [4.78, 5) is 16.9. The van der Waals surface area contributed by atoms with Gasteiger partial charge in [0, 0.05) is 28.5 Å². The van der Waals surface area contributed by atoms with E-state index >= 15 is 0 Å². The van der Waals surface area contributed by atoms with E-state index in [-0.39, 0.29) is 12.4 Å². The number of halogens is 2. The molecule has 124 valence electrons. The van der Waals surface area contributed by atoms with Crippen LogP contribution < -0.4 is 4.74 Å². The minimum absolute atomic E-state index is 0.133. The van der Waals surface area contributed by atoms with E-state index in [1.54, 1.807) is 24.4 Å². The van der Waals surface area contributed by atoms with E-state index in [2.05, 4.69) is 4.98 Å². The zero-order valence-corrected chi connectivity index (χ0v) is 15.4. The fourth-order valence-corrected chi connectivity index (χ4v) is 3.76. The molecule has 0 fully saturated rings. The minimum Gasteiger partial charge on any atom is -0.482 e. The van der Waals surface area contributed by atoms with E-state index in [1.165, 1.54) is 11.3 Å². The van der Waals surface area contributed by atoms with Crippen LogP contribution >= 0.6 is 34.5 Å². The van der Waals surface area contributed by atoms with Crippen molar-refractivity contribution < 1.29 is 9.53 Å². The molecule has 4 nitrogen and oxygen atoms in total. The summed E-state index contributed by atoms with van der Waals surface area (Å²) in [7, 11) is 0. The first kappa shape index (κ1) is 17.0. The lowest BCUT2D eigenvalue weighted by atomic mass is 10.1. The highest BCUT2D eigenvalue weighted by molar-refractivity contribution is 7.12. The van der Waals surface area contributed by atoms with Gasteiger partial charge in [0.25, 0.3) is 0 Å². The molecule has 0 saturated heterocycles. The predicted molar refractivity (Wildman–Crippen MR) is 97.2 cm³/mol. The Morgan fingerprint density at radius 1 is 1.29 bits per heavy atom. The number of nitrogens with zero attached hydrogens (tertiary/aromatic N) is 2. The number of Topliss-reactive ketones (excluding diaryl/α,β-unsaturated/α-hetero) is 1. The highest BCUT2D eigenvalue weighted by Crippen LogP contribution is 2.32. The van der Waals surface area contributed by atoms with Gasteiger partial charge in [-0.3, -0.25) is 9.36 Å². The van der Waals surface area contributed by atoms with Crippen LogP contribution in [0.2, 0.25) is 10.0 Å². The third kappa shape index (κ3) is 3.20. The molecular formula is C17H14Cl2N2O2S. The van der Waals surface area contributed by atoms with Gasteiger partial charge in [0.2, 0.25) is 5.78 Å². The Hall–Kier alpha value is -1.82. The van der Waals surface area contributed by atoms with E-state index in [0.29, 0.717) is 21.4 Å². The number of benzene rings is 1. The van der Waals surface area contributed by atoms with Crippen molar-refractivity contribution >= 4 is 40.3 Å². The Bertz CT molecular complexity index is 868. The van der Waals surface area contributed by atoms with Crippen LogP contribution in [0.15, 0.2) is 35.8 Å². The number of carbonyl (C=O) groups excluding carboxylic acids is 1. The summed E-state index contributed by atoms with van der Waals surface area (Å²) in [5, 5.41) is 3.49. The third-order valence-corrected chi connectivity index (χ3v) is 4.96. The van der Waals surface area contributed by atoms with Crippen LogP contribution in [0.1, 0.15) is 21.7 Å². The Morgan fingerprint density at radius 3 is 2.62 bits per heavy atom. The quantitative estimate of drug-likeness (QED) is 0.577. The molecular weight excluding hydrogens is 367 g/mol. The highest BCUT2D eigenvalue weighted by atomic mass is 35.5. The van der Waals surface area contributed by atoms with Crippen LogP contribution in [0.25, 0.3) is 5.13 Å². The Balaban J connectivity index is 1.83. The molecule has 24 heavy (non-hydrogen) atoms. The van der Waals surface area contributed by atoms with Crippen LogP contribution in [0.3, 0.4) is 0 Å². The molecule has 0 unspecified atom stereocenters.